The highest BCUT2D eigenvalue weighted by atomic mass is 16.6. The van der Waals surface area contributed by atoms with Crippen LogP contribution in [0.3, 0.4) is 0 Å². The average molecular weight is 400 g/mol. The van der Waals surface area contributed by atoms with Gasteiger partial charge < -0.3 is 19.9 Å². The van der Waals surface area contributed by atoms with Crippen LogP contribution in [0.1, 0.15) is 46.5 Å². The highest BCUT2D eigenvalue weighted by molar-refractivity contribution is 5.80. The average Bonchev–Trinajstić information content (AvgIpc) is 3.09. The van der Waals surface area contributed by atoms with Gasteiger partial charge in [-0.2, -0.15) is 0 Å². The van der Waals surface area contributed by atoms with Crippen molar-refractivity contribution in [1.82, 2.24) is 15.2 Å². The lowest BCUT2D eigenvalue weighted by Gasteiger charge is -2.28. The predicted molar refractivity (Wildman–Crippen MR) is 115 cm³/mol. The highest BCUT2D eigenvalue weighted by Gasteiger charge is 2.26. The van der Waals surface area contributed by atoms with E-state index in [4.69, 9.17) is 4.74 Å². The molecule has 0 radical (unpaired) electrons. The van der Waals surface area contributed by atoms with Crippen molar-refractivity contribution >= 4 is 22.9 Å². The fourth-order valence-corrected chi connectivity index (χ4v) is 3.95. The molecule has 0 unspecified atom stereocenters. The normalized spacial score (nSPS) is 19.7. The van der Waals surface area contributed by atoms with Crippen molar-refractivity contribution in [2.45, 2.75) is 58.6 Å². The second-order valence-electron chi connectivity index (χ2n) is 8.96. The minimum atomic E-state index is -0.479. The van der Waals surface area contributed by atoms with E-state index in [0.29, 0.717) is 19.0 Å². The Morgan fingerprint density at radius 2 is 1.79 bits per heavy atom. The number of nitrogens with one attached hydrogen (secondary N) is 2. The van der Waals surface area contributed by atoms with Gasteiger partial charge in [-0.3, -0.25) is 4.79 Å². The van der Waals surface area contributed by atoms with Gasteiger partial charge in [0, 0.05) is 37.3 Å². The Morgan fingerprint density at radius 1 is 1.07 bits per heavy atom. The molecule has 2 aromatic rings. The molecule has 158 valence electrons. The highest BCUT2D eigenvalue weighted by Crippen LogP contribution is 2.28. The van der Waals surface area contributed by atoms with Crippen molar-refractivity contribution in [2.24, 2.45) is 11.8 Å². The zero-order valence-corrected chi connectivity index (χ0v) is 17.7. The lowest BCUT2D eigenvalue weighted by atomic mass is 9.81. The number of nitrogens with zero attached hydrogens (tertiary/aromatic N) is 1. The second-order valence-corrected chi connectivity index (χ2v) is 8.96. The minimum Gasteiger partial charge on any atom is -0.444 e. The number of carbonyl (C=O) groups is 2. The molecule has 1 fully saturated rings. The number of rotatable bonds is 6. The molecule has 1 aliphatic rings. The Labute approximate surface area is 173 Å². The van der Waals surface area contributed by atoms with Gasteiger partial charge in [-0.25, -0.2) is 4.79 Å². The summed E-state index contributed by atoms with van der Waals surface area (Å²) >= 11 is 0. The van der Waals surface area contributed by atoms with Crippen molar-refractivity contribution in [2.75, 3.05) is 13.1 Å². The maximum absolute atomic E-state index is 12.5. The minimum absolute atomic E-state index is 0.0779. The third-order valence-electron chi connectivity index (χ3n) is 5.48. The molecule has 1 aliphatic carbocycles. The number of amides is 2. The van der Waals surface area contributed by atoms with Gasteiger partial charge in [-0.15, -0.1) is 0 Å². The molecule has 0 atom stereocenters. The van der Waals surface area contributed by atoms with Gasteiger partial charge in [-0.1, -0.05) is 18.2 Å². The van der Waals surface area contributed by atoms with E-state index in [1.165, 1.54) is 10.9 Å². The first-order valence-electron chi connectivity index (χ1n) is 10.6. The van der Waals surface area contributed by atoms with E-state index < -0.39 is 5.60 Å². The van der Waals surface area contributed by atoms with E-state index >= 15 is 0 Å². The molecular formula is C23H33N3O3. The smallest absolute Gasteiger partial charge is 0.407 e. The summed E-state index contributed by atoms with van der Waals surface area (Å²) in [5, 5.41) is 7.17. The molecule has 0 spiro atoms. The summed E-state index contributed by atoms with van der Waals surface area (Å²) in [6, 6.07) is 10.4. The number of fused-ring (bicyclic) bond motifs is 1. The number of benzene rings is 1. The van der Waals surface area contributed by atoms with Gasteiger partial charge in [0.25, 0.3) is 0 Å². The molecule has 29 heavy (non-hydrogen) atoms. The summed E-state index contributed by atoms with van der Waals surface area (Å²) in [7, 11) is 0. The Hall–Kier alpha value is -2.50. The van der Waals surface area contributed by atoms with Crippen LogP contribution < -0.4 is 10.6 Å². The molecule has 1 saturated carbocycles. The van der Waals surface area contributed by atoms with Gasteiger partial charge in [0.2, 0.25) is 5.91 Å². The van der Waals surface area contributed by atoms with Gasteiger partial charge in [0.1, 0.15) is 5.60 Å². The fraction of sp³-hybridized carbons (Fsp3) is 0.565. The van der Waals surface area contributed by atoms with E-state index in [9.17, 15) is 9.59 Å². The first-order valence-corrected chi connectivity index (χ1v) is 10.6. The number of hydrogen-bond donors (Lipinski definition) is 2. The van der Waals surface area contributed by atoms with Gasteiger partial charge in [0.15, 0.2) is 0 Å². The molecule has 1 aromatic carbocycles. The molecule has 2 amide bonds. The summed E-state index contributed by atoms with van der Waals surface area (Å²) in [6.45, 7) is 7.59. The van der Waals surface area contributed by atoms with Crippen LogP contribution in [0.5, 0.6) is 0 Å². The fourth-order valence-electron chi connectivity index (χ4n) is 3.95. The first-order chi connectivity index (χ1) is 13.8. The maximum Gasteiger partial charge on any atom is 0.407 e. The van der Waals surface area contributed by atoms with Crippen molar-refractivity contribution in [3.8, 4) is 0 Å². The third kappa shape index (κ3) is 6.24. The molecule has 1 aromatic heterocycles. The second kappa shape index (κ2) is 9.33. The predicted octanol–water partition coefficient (Wildman–Crippen LogP) is 4.09. The number of para-hydroxylation sites is 1. The van der Waals surface area contributed by atoms with Crippen molar-refractivity contribution in [3.05, 3.63) is 36.5 Å². The zero-order valence-electron chi connectivity index (χ0n) is 17.7. The molecule has 6 heteroatoms. The monoisotopic (exact) mass is 399 g/mol. The topological polar surface area (TPSA) is 72.4 Å². The molecule has 0 saturated heterocycles. The number of ether oxygens (including phenoxy) is 1. The van der Waals surface area contributed by atoms with Crippen LogP contribution in [0.4, 0.5) is 4.79 Å². The Morgan fingerprint density at radius 3 is 2.52 bits per heavy atom. The third-order valence-corrected chi connectivity index (χ3v) is 5.48. The van der Waals surface area contributed by atoms with E-state index in [2.05, 4.69) is 39.6 Å². The van der Waals surface area contributed by atoms with Crippen molar-refractivity contribution < 1.29 is 14.3 Å². The van der Waals surface area contributed by atoms with Gasteiger partial charge in [0.05, 0.1) is 0 Å². The number of carbonyl (C=O) groups excluding carboxylic acids is 2. The number of aromatic nitrogens is 1. The van der Waals surface area contributed by atoms with Crippen LogP contribution >= 0.6 is 0 Å². The summed E-state index contributed by atoms with van der Waals surface area (Å²) < 4.78 is 7.45. The van der Waals surface area contributed by atoms with E-state index in [0.717, 1.165) is 32.2 Å². The first kappa shape index (κ1) is 21.2. The lowest BCUT2D eigenvalue weighted by Crippen LogP contribution is -2.38. The van der Waals surface area contributed by atoms with Crippen molar-refractivity contribution in [1.29, 1.82) is 0 Å². The van der Waals surface area contributed by atoms with E-state index in [-0.39, 0.29) is 17.9 Å². The number of alkyl carbamates (subject to hydrolysis) is 1. The van der Waals surface area contributed by atoms with E-state index in [1.807, 2.05) is 32.9 Å². The van der Waals surface area contributed by atoms with Crippen LogP contribution in [-0.2, 0) is 16.1 Å². The number of hydrogen-bond acceptors (Lipinski definition) is 3. The summed E-state index contributed by atoms with van der Waals surface area (Å²) in [4.78, 5) is 24.3. The summed E-state index contributed by atoms with van der Waals surface area (Å²) in [5.41, 5.74) is 0.715. The summed E-state index contributed by atoms with van der Waals surface area (Å²) in [5.74, 6) is 0.645. The van der Waals surface area contributed by atoms with Crippen LogP contribution in [0.2, 0.25) is 0 Å². The zero-order chi connectivity index (χ0) is 20.9. The molecule has 1 heterocycles. The molecule has 0 aliphatic heterocycles. The molecule has 6 nitrogen and oxygen atoms in total. The Kier molecular flexibility index (Phi) is 6.83. The Balaban J connectivity index is 1.35. The Bertz CT molecular complexity index is 829. The summed E-state index contributed by atoms with van der Waals surface area (Å²) in [6.07, 6.45) is 5.36. The van der Waals surface area contributed by atoms with Crippen LogP contribution in [-0.4, -0.2) is 35.3 Å². The molecular weight excluding hydrogens is 366 g/mol. The van der Waals surface area contributed by atoms with Crippen LogP contribution in [0.25, 0.3) is 10.9 Å². The van der Waals surface area contributed by atoms with Gasteiger partial charge >= 0.3 is 6.09 Å². The van der Waals surface area contributed by atoms with Gasteiger partial charge in [-0.05, 0) is 69.9 Å². The quantitative estimate of drug-likeness (QED) is 0.768. The van der Waals surface area contributed by atoms with Crippen LogP contribution in [0.15, 0.2) is 36.5 Å². The molecule has 0 bridgehead atoms. The van der Waals surface area contributed by atoms with Crippen LogP contribution in [0, 0.1) is 11.8 Å². The standard InChI is InChI=1S/C23H33N3O3/c1-23(2,3)29-22(28)25-16-17-8-10-19(11-9-17)21(27)24-13-15-26-14-12-18-6-4-5-7-20(18)26/h4-7,12,14,17,19H,8-11,13,15-16H2,1-3H3,(H,24,27)(H,25,28). The van der Waals surface area contributed by atoms with Crippen molar-refractivity contribution in [3.63, 3.8) is 0 Å². The van der Waals surface area contributed by atoms with E-state index in [1.54, 1.807) is 0 Å². The molecule has 2 N–H and O–H groups in total. The SMILES string of the molecule is CC(C)(C)OC(=O)NCC1CCC(C(=O)NCCn2ccc3ccccc32)CC1. The largest absolute Gasteiger partial charge is 0.444 e. The maximum atomic E-state index is 12.5. The lowest BCUT2D eigenvalue weighted by molar-refractivity contribution is -0.126. The molecule has 3 rings (SSSR count).